The van der Waals surface area contributed by atoms with Gasteiger partial charge in [-0.25, -0.2) is 9.67 Å². The number of aromatic nitrogens is 4. The third kappa shape index (κ3) is 4.53. The van der Waals surface area contributed by atoms with Crippen molar-refractivity contribution in [3.8, 4) is 0 Å². The number of anilines is 1. The summed E-state index contributed by atoms with van der Waals surface area (Å²) in [6, 6.07) is 9.30. The highest BCUT2D eigenvalue weighted by atomic mass is 32.2. The van der Waals surface area contributed by atoms with E-state index >= 15 is 0 Å². The van der Waals surface area contributed by atoms with Gasteiger partial charge >= 0.3 is 0 Å². The summed E-state index contributed by atoms with van der Waals surface area (Å²) in [7, 11) is 0. The second-order valence-corrected chi connectivity index (χ2v) is 8.34. The first-order chi connectivity index (χ1) is 14.0. The van der Waals surface area contributed by atoms with E-state index in [4.69, 9.17) is 0 Å². The molecule has 1 N–H and O–H groups in total. The van der Waals surface area contributed by atoms with Crippen LogP contribution in [0.4, 0.5) is 5.82 Å². The Bertz CT molecular complexity index is 1060. The third-order valence-electron chi connectivity index (χ3n) is 4.86. The van der Waals surface area contributed by atoms with E-state index in [0.717, 1.165) is 12.8 Å². The number of carbonyl (C=O) groups excluding carboxylic acids is 1. The van der Waals surface area contributed by atoms with E-state index in [1.54, 1.807) is 22.9 Å². The Morgan fingerprint density at radius 1 is 1.21 bits per heavy atom. The van der Waals surface area contributed by atoms with Crippen LogP contribution in [0.2, 0.25) is 0 Å². The number of nitrogens with one attached hydrogen (secondary N) is 1. The van der Waals surface area contributed by atoms with Crippen molar-refractivity contribution in [1.29, 1.82) is 0 Å². The molecule has 2 aromatic heterocycles. The molecule has 1 amide bonds. The van der Waals surface area contributed by atoms with Crippen molar-refractivity contribution in [3.63, 3.8) is 0 Å². The average Bonchev–Trinajstić information content (AvgIpc) is 3.18. The number of hydrogen-bond acceptors (Lipinski definition) is 5. The zero-order valence-electron chi connectivity index (χ0n) is 17.3. The number of benzene rings is 1. The highest BCUT2D eigenvalue weighted by Gasteiger charge is 2.21. The molecular formula is C21H27N5O2S. The van der Waals surface area contributed by atoms with Gasteiger partial charge in [-0.15, -0.1) is 0 Å². The smallest absolute Gasteiger partial charge is 0.262 e. The monoisotopic (exact) mass is 413 g/mol. The quantitative estimate of drug-likeness (QED) is 0.444. The lowest BCUT2D eigenvalue weighted by Gasteiger charge is -2.17. The summed E-state index contributed by atoms with van der Waals surface area (Å²) >= 11 is 1.30. The number of amides is 1. The van der Waals surface area contributed by atoms with Gasteiger partial charge in [0.2, 0.25) is 5.91 Å². The molecule has 0 spiro atoms. The van der Waals surface area contributed by atoms with Crippen molar-refractivity contribution in [1.82, 2.24) is 19.3 Å². The van der Waals surface area contributed by atoms with Gasteiger partial charge in [0.1, 0.15) is 5.82 Å². The fourth-order valence-electron chi connectivity index (χ4n) is 3.04. The molecule has 0 radical (unpaired) electrons. The number of nitrogens with zero attached hydrogens (tertiary/aromatic N) is 4. The Kier molecular flexibility index (Phi) is 6.74. The summed E-state index contributed by atoms with van der Waals surface area (Å²) < 4.78 is 3.48. The van der Waals surface area contributed by atoms with Gasteiger partial charge in [0.15, 0.2) is 5.16 Å². The van der Waals surface area contributed by atoms with Crippen LogP contribution < -0.4 is 10.9 Å². The van der Waals surface area contributed by atoms with Crippen LogP contribution in [-0.4, -0.2) is 30.5 Å². The van der Waals surface area contributed by atoms with Crippen LogP contribution in [0.1, 0.15) is 46.6 Å². The maximum absolute atomic E-state index is 12.9. The molecule has 154 valence electrons. The topological polar surface area (TPSA) is 81.8 Å². The molecule has 29 heavy (non-hydrogen) atoms. The first kappa shape index (κ1) is 21.1. The molecule has 0 unspecified atom stereocenters. The summed E-state index contributed by atoms with van der Waals surface area (Å²) in [4.78, 5) is 30.4. The van der Waals surface area contributed by atoms with Crippen molar-refractivity contribution in [2.45, 2.75) is 63.5 Å². The minimum Gasteiger partial charge on any atom is -0.310 e. The summed E-state index contributed by atoms with van der Waals surface area (Å²) in [5.41, 5.74) is 0.581. The lowest BCUT2D eigenvalue weighted by atomic mass is 10.2. The molecule has 8 heteroatoms. The molecule has 0 bridgehead atoms. The number of carbonyl (C=O) groups is 1. The van der Waals surface area contributed by atoms with Gasteiger partial charge in [0.05, 0.1) is 28.4 Å². The molecule has 0 fully saturated rings. The molecular weight excluding hydrogens is 386 g/mol. The van der Waals surface area contributed by atoms with E-state index in [2.05, 4.69) is 29.2 Å². The minimum absolute atomic E-state index is 0.0672. The largest absolute Gasteiger partial charge is 0.310 e. The van der Waals surface area contributed by atoms with Gasteiger partial charge < -0.3 is 5.32 Å². The molecule has 0 aliphatic carbocycles. The second kappa shape index (κ2) is 9.26. The number of para-hydroxylation sites is 1. The zero-order valence-corrected chi connectivity index (χ0v) is 18.1. The minimum atomic E-state index is -0.425. The van der Waals surface area contributed by atoms with Crippen LogP contribution in [0, 0.1) is 0 Å². The lowest BCUT2D eigenvalue weighted by molar-refractivity contribution is -0.115. The van der Waals surface area contributed by atoms with Crippen molar-refractivity contribution >= 4 is 34.4 Å². The van der Waals surface area contributed by atoms with E-state index in [1.165, 1.54) is 11.8 Å². The molecule has 3 aromatic rings. The lowest BCUT2D eigenvalue weighted by Crippen LogP contribution is -2.28. The van der Waals surface area contributed by atoms with Crippen LogP contribution in [0.25, 0.3) is 10.9 Å². The summed E-state index contributed by atoms with van der Waals surface area (Å²) in [6.45, 7) is 8.54. The van der Waals surface area contributed by atoms with Crippen molar-refractivity contribution in [2.75, 3.05) is 5.32 Å². The van der Waals surface area contributed by atoms with Gasteiger partial charge in [-0.05, 0) is 38.8 Å². The Balaban J connectivity index is 1.85. The van der Waals surface area contributed by atoms with Gasteiger partial charge in [0, 0.05) is 12.6 Å². The third-order valence-corrected chi connectivity index (χ3v) is 5.95. The van der Waals surface area contributed by atoms with E-state index in [0.29, 0.717) is 28.4 Å². The molecule has 0 aliphatic rings. The maximum atomic E-state index is 12.9. The summed E-state index contributed by atoms with van der Waals surface area (Å²) in [5, 5.41) is 8.00. The Labute approximate surface area is 174 Å². The predicted molar refractivity (Wildman–Crippen MR) is 117 cm³/mol. The highest BCUT2D eigenvalue weighted by Crippen LogP contribution is 2.24. The molecule has 2 atom stereocenters. The Morgan fingerprint density at radius 2 is 1.97 bits per heavy atom. The molecule has 0 saturated heterocycles. The first-order valence-electron chi connectivity index (χ1n) is 9.96. The van der Waals surface area contributed by atoms with E-state index in [1.807, 2.05) is 36.7 Å². The SMILES string of the molecule is CCCn1c(S[C@@H](C)C(=O)Nc2ccnn2[C@@H](C)CC)nc2ccccc2c1=O. The van der Waals surface area contributed by atoms with Gasteiger partial charge in [0.25, 0.3) is 5.56 Å². The van der Waals surface area contributed by atoms with Gasteiger partial charge in [-0.3, -0.25) is 14.2 Å². The van der Waals surface area contributed by atoms with E-state index < -0.39 is 5.25 Å². The standard InChI is InChI=1S/C21H27N5O2S/c1-5-13-25-20(28)16-9-7-8-10-17(16)23-21(25)29-15(4)19(27)24-18-11-12-22-26(18)14(3)6-2/h7-12,14-15H,5-6,13H2,1-4H3,(H,24,27)/t14-,15-/m0/s1. The number of hydrogen-bond donors (Lipinski definition) is 1. The van der Waals surface area contributed by atoms with Crippen molar-refractivity contribution < 1.29 is 4.79 Å². The summed E-state index contributed by atoms with van der Waals surface area (Å²) in [5.74, 6) is 0.528. The average molecular weight is 414 g/mol. The van der Waals surface area contributed by atoms with Gasteiger partial charge in [-0.1, -0.05) is 37.7 Å². The van der Waals surface area contributed by atoms with Crippen LogP contribution in [0.3, 0.4) is 0 Å². The molecule has 3 rings (SSSR count). The van der Waals surface area contributed by atoms with Crippen LogP contribution in [-0.2, 0) is 11.3 Å². The van der Waals surface area contributed by atoms with Crippen LogP contribution in [0.5, 0.6) is 0 Å². The van der Waals surface area contributed by atoms with Gasteiger partial charge in [-0.2, -0.15) is 5.10 Å². The number of fused-ring (bicyclic) bond motifs is 1. The van der Waals surface area contributed by atoms with E-state index in [-0.39, 0.29) is 17.5 Å². The Morgan fingerprint density at radius 3 is 2.69 bits per heavy atom. The maximum Gasteiger partial charge on any atom is 0.262 e. The molecule has 0 aliphatic heterocycles. The molecule has 2 heterocycles. The normalized spacial score (nSPS) is 13.4. The van der Waals surface area contributed by atoms with Crippen molar-refractivity contribution in [3.05, 3.63) is 46.9 Å². The zero-order chi connectivity index (χ0) is 21.0. The molecule has 1 aromatic carbocycles. The van der Waals surface area contributed by atoms with Crippen LogP contribution in [0.15, 0.2) is 46.5 Å². The summed E-state index contributed by atoms with van der Waals surface area (Å²) in [6.07, 6.45) is 3.41. The van der Waals surface area contributed by atoms with E-state index in [9.17, 15) is 9.59 Å². The molecule has 0 saturated carbocycles. The fraction of sp³-hybridized carbons (Fsp3) is 0.429. The predicted octanol–water partition coefficient (Wildman–Crippen LogP) is 4.09. The van der Waals surface area contributed by atoms with Crippen molar-refractivity contribution in [2.24, 2.45) is 0 Å². The Hall–Kier alpha value is -2.61. The number of thioether (sulfide) groups is 1. The second-order valence-electron chi connectivity index (χ2n) is 7.04. The van der Waals surface area contributed by atoms with Crippen LogP contribution >= 0.6 is 11.8 Å². The fourth-order valence-corrected chi connectivity index (χ4v) is 3.97. The molecule has 7 nitrogen and oxygen atoms in total. The first-order valence-corrected chi connectivity index (χ1v) is 10.8. The highest BCUT2D eigenvalue weighted by molar-refractivity contribution is 8.00. The number of rotatable bonds is 8.